The van der Waals surface area contributed by atoms with Crippen LogP contribution in [0.25, 0.3) is 11.3 Å². The number of hydrogen-bond acceptors (Lipinski definition) is 3. The maximum Gasteiger partial charge on any atom is 0.270 e. The van der Waals surface area contributed by atoms with E-state index in [0.717, 1.165) is 11.3 Å². The summed E-state index contributed by atoms with van der Waals surface area (Å²) < 4.78 is 1.66. The molecule has 2 aromatic heterocycles. The number of nitrogens with one attached hydrogen (secondary N) is 1. The van der Waals surface area contributed by atoms with Gasteiger partial charge in [0, 0.05) is 34.8 Å². The molecule has 0 aliphatic heterocycles. The zero-order valence-corrected chi connectivity index (χ0v) is 13.5. The SMILES string of the molecule is CC(=O)c1cc(-c2ccccc2)n(NC(=O)c2ccncc2)c1C. The highest BCUT2D eigenvalue weighted by molar-refractivity contribution is 6.01. The van der Waals surface area contributed by atoms with Gasteiger partial charge >= 0.3 is 0 Å². The first kappa shape index (κ1) is 15.7. The quantitative estimate of drug-likeness (QED) is 0.749. The van der Waals surface area contributed by atoms with Crippen LogP contribution in [0.2, 0.25) is 0 Å². The number of aromatic nitrogens is 2. The maximum absolute atomic E-state index is 12.5. The van der Waals surface area contributed by atoms with E-state index in [4.69, 9.17) is 0 Å². The molecule has 0 saturated heterocycles. The molecule has 0 aliphatic carbocycles. The fraction of sp³-hybridized carbons (Fsp3) is 0.105. The molecule has 1 amide bonds. The van der Waals surface area contributed by atoms with Gasteiger partial charge in [-0.25, -0.2) is 0 Å². The zero-order valence-electron chi connectivity index (χ0n) is 13.5. The predicted molar refractivity (Wildman–Crippen MR) is 92.5 cm³/mol. The molecule has 0 spiro atoms. The Bertz CT molecular complexity index is 884. The lowest BCUT2D eigenvalue weighted by molar-refractivity contribution is 0.0997. The molecule has 0 atom stereocenters. The molecule has 24 heavy (non-hydrogen) atoms. The fourth-order valence-electron chi connectivity index (χ4n) is 2.60. The Kier molecular flexibility index (Phi) is 4.24. The number of benzene rings is 1. The normalized spacial score (nSPS) is 10.4. The van der Waals surface area contributed by atoms with E-state index in [9.17, 15) is 9.59 Å². The largest absolute Gasteiger partial charge is 0.294 e. The second-order valence-corrected chi connectivity index (χ2v) is 5.46. The Labute approximate surface area is 139 Å². The van der Waals surface area contributed by atoms with Gasteiger partial charge in [-0.15, -0.1) is 0 Å². The molecule has 1 aromatic carbocycles. The lowest BCUT2D eigenvalue weighted by Gasteiger charge is -2.13. The van der Waals surface area contributed by atoms with Gasteiger partial charge in [0.25, 0.3) is 5.91 Å². The first-order valence-electron chi connectivity index (χ1n) is 7.58. The summed E-state index contributed by atoms with van der Waals surface area (Å²) in [5.41, 5.74) is 6.34. The Balaban J connectivity index is 2.06. The number of ketones is 1. The summed E-state index contributed by atoms with van der Waals surface area (Å²) in [6.45, 7) is 3.34. The summed E-state index contributed by atoms with van der Waals surface area (Å²) in [5.74, 6) is -0.301. The first-order valence-corrected chi connectivity index (χ1v) is 7.58. The molecule has 5 heteroatoms. The Morgan fingerprint density at radius 3 is 2.33 bits per heavy atom. The maximum atomic E-state index is 12.5. The van der Waals surface area contributed by atoms with Gasteiger partial charge < -0.3 is 0 Å². The van der Waals surface area contributed by atoms with Gasteiger partial charge in [-0.05, 0) is 32.0 Å². The van der Waals surface area contributed by atoms with Gasteiger partial charge in [-0.3, -0.25) is 24.7 Å². The van der Waals surface area contributed by atoms with Crippen LogP contribution in [0.15, 0.2) is 60.9 Å². The molecule has 0 unspecified atom stereocenters. The van der Waals surface area contributed by atoms with Crippen LogP contribution < -0.4 is 5.43 Å². The van der Waals surface area contributed by atoms with E-state index in [0.29, 0.717) is 16.8 Å². The molecule has 0 radical (unpaired) electrons. The monoisotopic (exact) mass is 319 g/mol. The molecule has 0 aliphatic rings. The summed E-state index contributed by atoms with van der Waals surface area (Å²) in [5, 5.41) is 0. The van der Waals surface area contributed by atoms with Crippen LogP contribution in [0.5, 0.6) is 0 Å². The molecule has 1 N–H and O–H groups in total. The molecular formula is C19H17N3O2. The molecule has 0 fully saturated rings. The van der Waals surface area contributed by atoms with E-state index in [1.54, 1.807) is 35.3 Å². The van der Waals surface area contributed by atoms with Crippen LogP contribution in [-0.2, 0) is 0 Å². The lowest BCUT2D eigenvalue weighted by Crippen LogP contribution is -2.24. The van der Waals surface area contributed by atoms with Crippen LogP contribution in [0.3, 0.4) is 0 Å². The van der Waals surface area contributed by atoms with Gasteiger partial charge in [0.15, 0.2) is 5.78 Å². The van der Waals surface area contributed by atoms with Crippen molar-refractivity contribution in [2.75, 3.05) is 5.43 Å². The van der Waals surface area contributed by atoms with Gasteiger partial charge in [0.05, 0.1) is 5.69 Å². The first-order chi connectivity index (χ1) is 11.6. The summed E-state index contributed by atoms with van der Waals surface area (Å²) in [6, 6.07) is 14.7. The van der Waals surface area contributed by atoms with Crippen LogP contribution in [0.1, 0.15) is 33.3 Å². The van der Waals surface area contributed by atoms with Crippen molar-refractivity contribution in [2.45, 2.75) is 13.8 Å². The van der Waals surface area contributed by atoms with Crippen molar-refractivity contribution in [3.05, 3.63) is 77.7 Å². The summed E-state index contributed by atoms with van der Waals surface area (Å²) >= 11 is 0. The van der Waals surface area contributed by atoms with Crippen LogP contribution in [0, 0.1) is 6.92 Å². The van der Waals surface area contributed by atoms with Gasteiger partial charge in [0.2, 0.25) is 0 Å². The number of pyridine rings is 1. The number of rotatable bonds is 4. The second-order valence-electron chi connectivity index (χ2n) is 5.46. The van der Waals surface area contributed by atoms with Crippen LogP contribution in [0.4, 0.5) is 0 Å². The van der Waals surface area contributed by atoms with E-state index < -0.39 is 0 Å². The van der Waals surface area contributed by atoms with Crippen molar-refractivity contribution in [3.63, 3.8) is 0 Å². The predicted octanol–water partition coefficient (Wildman–Crippen LogP) is 3.45. The number of hydrogen-bond donors (Lipinski definition) is 1. The topological polar surface area (TPSA) is 64.0 Å². The third-order valence-electron chi connectivity index (χ3n) is 3.85. The molecule has 0 saturated carbocycles. The number of Topliss-reactive ketones (excluding diaryl/α,β-unsaturated/α-hetero) is 1. The summed E-state index contributed by atoms with van der Waals surface area (Å²) in [4.78, 5) is 28.3. The molecule has 3 aromatic rings. The minimum atomic E-state index is -0.261. The Morgan fingerprint density at radius 2 is 1.71 bits per heavy atom. The van der Waals surface area contributed by atoms with Gasteiger partial charge in [0.1, 0.15) is 0 Å². The third kappa shape index (κ3) is 2.96. The van der Waals surface area contributed by atoms with Crippen molar-refractivity contribution < 1.29 is 9.59 Å². The second kappa shape index (κ2) is 6.50. The average molecular weight is 319 g/mol. The minimum absolute atomic E-state index is 0.0402. The van der Waals surface area contributed by atoms with Crippen LogP contribution in [-0.4, -0.2) is 21.4 Å². The van der Waals surface area contributed by atoms with Gasteiger partial charge in [-0.1, -0.05) is 30.3 Å². The van der Waals surface area contributed by atoms with E-state index >= 15 is 0 Å². The molecule has 120 valence electrons. The molecule has 5 nitrogen and oxygen atoms in total. The zero-order chi connectivity index (χ0) is 17.1. The number of carbonyl (C=O) groups is 2. The fourth-order valence-corrected chi connectivity index (χ4v) is 2.60. The molecule has 3 rings (SSSR count). The summed E-state index contributed by atoms with van der Waals surface area (Å²) in [7, 11) is 0. The Hall–Kier alpha value is -3.21. The van der Waals surface area contributed by atoms with E-state index in [1.165, 1.54) is 6.92 Å². The van der Waals surface area contributed by atoms with E-state index in [1.807, 2.05) is 37.3 Å². The van der Waals surface area contributed by atoms with Crippen molar-refractivity contribution in [2.24, 2.45) is 0 Å². The van der Waals surface area contributed by atoms with Gasteiger partial charge in [-0.2, -0.15) is 0 Å². The molecular weight excluding hydrogens is 302 g/mol. The Morgan fingerprint density at radius 1 is 1.04 bits per heavy atom. The highest BCUT2D eigenvalue weighted by Gasteiger charge is 2.18. The van der Waals surface area contributed by atoms with Crippen molar-refractivity contribution in [3.8, 4) is 11.3 Å². The standard InChI is InChI=1S/C19H17N3O2/c1-13-17(14(2)23)12-18(15-6-4-3-5-7-15)22(13)21-19(24)16-8-10-20-11-9-16/h3-12H,1-2H3,(H,21,24). The highest BCUT2D eigenvalue weighted by atomic mass is 16.2. The van der Waals surface area contributed by atoms with E-state index in [-0.39, 0.29) is 11.7 Å². The average Bonchev–Trinajstić information content (AvgIpc) is 2.93. The number of amides is 1. The lowest BCUT2D eigenvalue weighted by atomic mass is 10.1. The van der Waals surface area contributed by atoms with Crippen LogP contribution >= 0.6 is 0 Å². The van der Waals surface area contributed by atoms with Crippen molar-refractivity contribution >= 4 is 11.7 Å². The summed E-state index contributed by atoms with van der Waals surface area (Å²) in [6.07, 6.45) is 3.13. The van der Waals surface area contributed by atoms with Crippen molar-refractivity contribution in [1.29, 1.82) is 0 Å². The molecule has 2 heterocycles. The third-order valence-corrected chi connectivity index (χ3v) is 3.85. The number of nitrogens with zero attached hydrogens (tertiary/aromatic N) is 2. The van der Waals surface area contributed by atoms with Crippen molar-refractivity contribution in [1.82, 2.24) is 9.66 Å². The number of carbonyl (C=O) groups excluding carboxylic acids is 2. The highest BCUT2D eigenvalue weighted by Crippen LogP contribution is 2.25. The minimum Gasteiger partial charge on any atom is -0.294 e. The molecule has 0 bridgehead atoms. The van der Waals surface area contributed by atoms with E-state index in [2.05, 4.69) is 10.4 Å². The smallest absolute Gasteiger partial charge is 0.270 e.